The number of ether oxygens (including phenoxy) is 3. The number of hydrogen-bond donors (Lipinski definition) is 0. The van der Waals surface area contributed by atoms with E-state index in [0.29, 0.717) is 19.3 Å². The maximum Gasteiger partial charge on any atom is 0.306 e. The Labute approximate surface area is 404 Å². The van der Waals surface area contributed by atoms with Gasteiger partial charge >= 0.3 is 17.9 Å². The highest BCUT2D eigenvalue weighted by atomic mass is 16.6. The number of allylic oxidation sites excluding steroid dienone is 4. The van der Waals surface area contributed by atoms with Gasteiger partial charge in [-0.05, 0) is 70.6 Å². The van der Waals surface area contributed by atoms with E-state index in [4.69, 9.17) is 14.2 Å². The third kappa shape index (κ3) is 52.7. The number of esters is 3. The van der Waals surface area contributed by atoms with Crippen molar-refractivity contribution in [1.29, 1.82) is 0 Å². The Hall–Kier alpha value is -2.11. The summed E-state index contributed by atoms with van der Waals surface area (Å²) < 4.78 is 16.9. The largest absolute Gasteiger partial charge is 0.462 e. The van der Waals surface area contributed by atoms with Crippen molar-refractivity contribution < 1.29 is 28.6 Å². The van der Waals surface area contributed by atoms with Crippen LogP contribution in [0.4, 0.5) is 0 Å². The maximum atomic E-state index is 12.8. The molecule has 0 aliphatic carbocycles. The fourth-order valence-electron chi connectivity index (χ4n) is 8.55. The summed E-state index contributed by atoms with van der Waals surface area (Å²) in [5.74, 6) is -0.871. The van der Waals surface area contributed by atoms with Gasteiger partial charge in [-0.25, -0.2) is 0 Å². The van der Waals surface area contributed by atoms with Crippen LogP contribution in [0.15, 0.2) is 24.3 Å². The van der Waals surface area contributed by atoms with Gasteiger partial charge < -0.3 is 14.2 Å². The molecule has 0 aromatic rings. The minimum absolute atomic E-state index is 0.0728. The zero-order valence-electron chi connectivity index (χ0n) is 43.8. The summed E-state index contributed by atoms with van der Waals surface area (Å²) in [5.41, 5.74) is 0. The molecule has 0 saturated heterocycles. The van der Waals surface area contributed by atoms with E-state index < -0.39 is 6.10 Å². The Kier molecular flexibility index (Phi) is 52.7. The smallest absolute Gasteiger partial charge is 0.306 e. The van der Waals surface area contributed by atoms with Crippen molar-refractivity contribution in [3.8, 4) is 0 Å². The van der Waals surface area contributed by atoms with Crippen LogP contribution in [0.2, 0.25) is 0 Å². The van der Waals surface area contributed by atoms with E-state index in [2.05, 4.69) is 45.1 Å². The van der Waals surface area contributed by atoms with Crippen molar-refractivity contribution in [2.24, 2.45) is 0 Å². The highest BCUT2D eigenvalue weighted by molar-refractivity contribution is 5.71. The minimum Gasteiger partial charge on any atom is -0.462 e. The van der Waals surface area contributed by atoms with Gasteiger partial charge in [-0.1, -0.05) is 251 Å². The molecule has 0 amide bonds. The molecule has 65 heavy (non-hydrogen) atoms. The number of carbonyl (C=O) groups excluding carboxylic acids is 3. The van der Waals surface area contributed by atoms with Crippen LogP contribution >= 0.6 is 0 Å². The van der Waals surface area contributed by atoms with Crippen molar-refractivity contribution in [2.75, 3.05) is 13.2 Å². The average Bonchev–Trinajstić information content (AvgIpc) is 3.30. The van der Waals surface area contributed by atoms with Gasteiger partial charge in [-0.3, -0.25) is 14.4 Å². The Morgan fingerprint density at radius 1 is 0.292 bits per heavy atom. The van der Waals surface area contributed by atoms with Gasteiger partial charge in [0.05, 0.1) is 0 Å². The summed E-state index contributed by atoms with van der Waals surface area (Å²) in [7, 11) is 0. The number of carbonyl (C=O) groups is 3. The number of hydrogen-bond acceptors (Lipinski definition) is 6. The first kappa shape index (κ1) is 62.9. The molecule has 0 bridgehead atoms. The molecule has 0 saturated carbocycles. The number of rotatable bonds is 53. The molecular weight excluding hydrogens is 805 g/mol. The van der Waals surface area contributed by atoms with Gasteiger partial charge in [-0.15, -0.1) is 0 Å². The number of unbranched alkanes of at least 4 members (excludes halogenated alkanes) is 38. The summed E-state index contributed by atoms with van der Waals surface area (Å²) in [6.45, 7) is 6.66. The summed E-state index contributed by atoms with van der Waals surface area (Å²) in [4.78, 5) is 38.1. The summed E-state index contributed by atoms with van der Waals surface area (Å²) in [6.07, 6.45) is 63.1. The molecule has 1 unspecified atom stereocenters. The van der Waals surface area contributed by atoms with E-state index in [1.165, 1.54) is 205 Å². The zero-order valence-corrected chi connectivity index (χ0v) is 43.8. The predicted molar refractivity (Wildman–Crippen MR) is 279 cm³/mol. The predicted octanol–water partition coefficient (Wildman–Crippen LogP) is 19.1. The fraction of sp³-hybridized carbons (Fsp3) is 0.881. The Morgan fingerprint density at radius 2 is 0.508 bits per heavy atom. The van der Waals surface area contributed by atoms with Crippen LogP contribution in [0.3, 0.4) is 0 Å². The molecule has 1 atom stereocenters. The lowest BCUT2D eigenvalue weighted by Gasteiger charge is -2.18. The molecule has 6 nitrogen and oxygen atoms in total. The van der Waals surface area contributed by atoms with Crippen molar-refractivity contribution in [3.05, 3.63) is 24.3 Å². The van der Waals surface area contributed by atoms with E-state index >= 15 is 0 Å². The van der Waals surface area contributed by atoms with E-state index in [1.807, 2.05) is 0 Å². The van der Waals surface area contributed by atoms with Crippen LogP contribution in [0, 0.1) is 0 Å². The second kappa shape index (κ2) is 54.5. The monoisotopic (exact) mass is 915 g/mol. The zero-order chi connectivity index (χ0) is 47.2. The standard InChI is InChI=1S/C59H110O6/c1-4-7-10-13-16-19-22-25-28-29-32-34-37-40-43-46-49-52-58(61)64-55-56(65-59(62)53-50-47-44-41-38-35-31-27-24-21-18-15-12-9-6-3)54-63-57(60)51-48-45-42-39-36-33-30-26-23-20-17-14-11-8-5-2/h26-27,30-31,56H,4-25,28-29,32-55H2,1-3H3. The molecule has 0 fully saturated rings. The van der Waals surface area contributed by atoms with Gasteiger partial charge in [0.25, 0.3) is 0 Å². The van der Waals surface area contributed by atoms with Crippen LogP contribution < -0.4 is 0 Å². The van der Waals surface area contributed by atoms with Gasteiger partial charge in [0.2, 0.25) is 0 Å². The molecule has 382 valence electrons. The molecule has 0 heterocycles. The van der Waals surface area contributed by atoms with Crippen LogP contribution in [-0.4, -0.2) is 37.2 Å². The maximum absolute atomic E-state index is 12.8. The van der Waals surface area contributed by atoms with Gasteiger partial charge in [0.15, 0.2) is 6.10 Å². The summed E-state index contributed by atoms with van der Waals surface area (Å²) in [5, 5.41) is 0. The highest BCUT2D eigenvalue weighted by Gasteiger charge is 2.19. The van der Waals surface area contributed by atoms with Crippen molar-refractivity contribution in [3.63, 3.8) is 0 Å². The highest BCUT2D eigenvalue weighted by Crippen LogP contribution is 2.16. The van der Waals surface area contributed by atoms with E-state index in [0.717, 1.165) is 70.6 Å². The van der Waals surface area contributed by atoms with Crippen LogP contribution in [0.5, 0.6) is 0 Å². The van der Waals surface area contributed by atoms with Crippen molar-refractivity contribution >= 4 is 17.9 Å². The first-order valence-corrected chi connectivity index (χ1v) is 28.8. The van der Waals surface area contributed by atoms with Crippen molar-refractivity contribution in [2.45, 2.75) is 322 Å². The Bertz CT molecular complexity index is 1050. The topological polar surface area (TPSA) is 78.9 Å². The molecule has 0 N–H and O–H groups in total. The molecule has 0 aliphatic heterocycles. The molecule has 0 radical (unpaired) electrons. The first-order chi connectivity index (χ1) is 32.0. The van der Waals surface area contributed by atoms with Gasteiger partial charge in [0, 0.05) is 19.3 Å². The van der Waals surface area contributed by atoms with Crippen LogP contribution in [-0.2, 0) is 28.6 Å². The van der Waals surface area contributed by atoms with Gasteiger partial charge in [0.1, 0.15) is 13.2 Å². The molecule has 0 rings (SSSR count). The summed E-state index contributed by atoms with van der Waals surface area (Å²) >= 11 is 0. The lowest BCUT2D eigenvalue weighted by atomic mass is 10.0. The fourth-order valence-corrected chi connectivity index (χ4v) is 8.55. The molecule has 0 aromatic carbocycles. The molecule has 0 aliphatic rings. The molecular formula is C59H110O6. The summed E-state index contributed by atoms with van der Waals surface area (Å²) in [6, 6.07) is 0. The minimum atomic E-state index is -0.775. The molecule has 6 heteroatoms. The quantitative estimate of drug-likeness (QED) is 0.0262. The SMILES string of the molecule is CCCCCCCCC=CCCCCCCCC(=O)OCC(COC(=O)CCCCCCCCCCCCCCCCCCC)OC(=O)CCCCCCCC=CCCCCCCCC. The lowest BCUT2D eigenvalue weighted by molar-refractivity contribution is -0.167. The van der Waals surface area contributed by atoms with E-state index in [-0.39, 0.29) is 31.1 Å². The van der Waals surface area contributed by atoms with Crippen LogP contribution in [0.25, 0.3) is 0 Å². The third-order valence-electron chi connectivity index (χ3n) is 12.9. The normalized spacial score (nSPS) is 12.1. The molecule has 0 aromatic heterocycles. The van der Waals surface area contributed by atoms with Crippen LogP contribution in [0.1, 0.15) is 316 Å². The average molecular weight is 916 g/mol. The first-order valence-electron chi connectivity index (χ1n) is 28.8. The second-order valence-electron chi connectivity index (χ2n) is 19.6. The second-order valence-corrected chi connectivity index (χ2v) is 19.6. The lowest BCUT2D eigenvalue weighted by Crippen LogP contribution is -2.30. The van der Waals surface area contributed by atoms with Crippen molar-refractivity contribution in [1.82, 2.24) is 0 Å². The third-order valence-corrected chi connectivity index (χ3v) is 12.9. The van der Waals surface area contributed by atoms with Gasteiger partial charge in [-0.2, -0.15) is 0 Å². The van der Waals surface area contributed by atoms with E-state index in [1.54, 1.807) is 0 Å². The molecule has 0 spiro atoms. The Morgan fingerprint density at radius 3 is 0.769 bits per heavy atom. The van der Waals surface area contributed by atoms with E-state index in [9.17, 15) is 14.4 Å². The Balaban J connectivity index is 4.35.